The van der Waals surface area contributed by atoms with Gasteiger partial charge < -0.3 is 16.4 Å². The SMILES string of the molecule is C[C@@H](N)CNC(=O)c1ccc(-c2ccccc2C#N)nc1NCCc1cccc(F)c1. The van der Waals surface area contributed by atoms with Crippen LogP contribution >= 0.6 is 0 Å². The number of hydrogen-bond donors (Lipinski definition) is 3. The fraction of sp³-hybridized carbons (Fsp3) is 0.208. The molecule has 3 rings (SSSR count). The second-order valence-corrected chi connectivity index (χ2v) is 7.24. The van der Waals surface area contributed by atoms with Crippen molar-refractivity contribution in [2.75, 3.05) is 18.4 Å². The molecule has 7 heteroatoms. The molecule has 0 aliphatic carbocycles. The number of nitriles is 1. The predicted molar refractivity (Wildman–Crippen MR) is 119 cm³/mol. The zero-order valence-electron chi connectivity index (χ0n) is 17.2. The van der Waals surface area contributed by atoms with E-state index in [4.69, 9.17) is 5.73 Å². The molecule has 0 spiro atoms. The lowest BCUT2D eigenvalue weighted by molar-refractivity contribution is 0.0952. The van der Waals surface area contributed by atoms with Crippen LogP contribution in [0.3, 0.4) is 0 Å². The molecule has 31 heavy (non-hydrogen) atoms. The highest BCUT2D eigenvalue weighted by Gasteiger charge is 2.16. The van der Waals surface area contributed by atoms with Crippen molar-refractivity contribution in [2.24, 2.45) is 5.73 Å². The van der Waals surface area contributed by atoms with Crippen molar-refractivity contribution in [1.29, 1.82) is 5.26 Å². The van der Waals surface area contributed by atoms with E-state index in [1.165, 1.54) is 12.1 Å². The van der Waals surface area contributed by atoms with E-state index in [1.54, 1.807) is 37.3 Å². The van der Waals surface area contributed by atoms with Crippen LogP contribution in [0.15, 0.2) is 60.7 Å². The van der Waals surface area contributed by atoms with E-state index in [0.29, 0.717) is 47.7 Å². The van der Waals surface area contributed by atoms with Crippen molar-refractivity contribution in [2.45, 2.75) is 19.4 Å². The molecule has 1 amide bonds. The molecule has 0 saturated heterocycles. The van der Waals surface area contributed by atoms with Crippen LogP contribution in [-0.2, 0) is 6.42 Å². The van der Waals surface area contributed by atoms with Gasteiger partial charge in [-0.05, 0) is 49.2 Å². The molecule has 0 bridgehead atoms. The van der Waals surface area contributed by atoms with Gasteiger partial charge in [0.25, 0.3) is 5.91 Å². The molecule has 3 aromatic rings. The molecule has 2 aromatic carbocycles. The van der Waals surface area contributed by atoms with Crippen LogP contribution in [0.5, 0.6) is 0 Å². The molecule has 0 unspecified atom stereocenters. The third-order valence-corrected chi connectivity index (χ3v) is 4.64. The highest BCUT2D eigenvalue weighted by Crippen LogP contribution is 2.25. The predicted octanol–water partition coefficient (Wildman–Crippen LogP) is 3.49. The molecule has 158 valence electrons. The van der Waals surface area contributed by atoms with Crippen LogP contribution in [-0.4, -0.2) is 30.0 Å². The Balaban J connectivity index is 1.87. The summed E-state index contributed by atoms with van der Waals surface area (Å²) in [5, 5.41) is 15.4. The zero-order valence-corrected chi connectivity index (χ0v) is 17.2. The molecule has 1 aromatic heterocycles. The number of anilines is 1. The Morgan fingerprint density at radius 1 is 1.19 bits per heavy atom. The Kier molecular flexibility index (Phi) is 7.31. The molecule has 0 saturated carbocycles. The van der Waals surface area contributed by atoms with Crippen LogP contribution in [0.4, 0.5) is 10.2 Å². The normalized spacial score (nSPS) is 11.4. The number of amides is 1. The minimum absolute atomic E-state index is 0.178. The maximum Gasteiger partial charge on any atom is 0.255 e. The van der Waals surface area contributed by atoms with Gasteiger partial charge in [-0.3, -0.25) is 4.79 Å². The van der Waals surface area contributed by atoms with Crippen LogP contribution in [0, 0.1) is 17.1 Å². The lowest BCUT2D eigenvalue weighted by Crippen LogP contribution is -2.35. The first-order chi connectivity index (χ1) is 15.0. The number of pyridine rings is 1. The first-order valence-corrected chi connectivity index (χ1v) is 10.0. The largest absolute Gasteiger partial charge is 0.369 e. The third kappa shape index (κ3) is 5.87. The second-order valence-electron chi connectivity index (χ2n) is 7.24. The fourth-order valence-electron chi connectivity index (χ4n) is 3.10. The summed E-state index contributed by atoms with van der Waals surface area (Å²) in [5.41, 5.74) is 8.70. The van der Waals surface area contributed by atoms with Gasteiger partial charge in [0.1, 0.15) is 11.6 Å². The van der Waals surface area contributed by atoms with Gasteiger partial charge in [-0.15, -0.1) is 0 Å². The minimum Gasteiger partial charge on any atom is -0.369 e. The van der Waals surface area contributed by atoms with Crippen molar-refractivity contribution >= 4 is 11.7 Å². The van der Waals surface area contributed by atoms with Crippen LogP contribution in [0.2, 0.25) is 0 Å². The maximum absolute atomic E-state index is 13.4. The maximum atomic E-state index is 13.4. The first-order valence-electron chi connectivity index (χ1n) is 10.0. The molecule has 0 aliphatic rings. The quantitative estimate of drug-likeness (QED) is 0.520. The molecule has 1 atom stereocenters. The molecule has 4 N–H and O–H groups in total. The average Bonchev–Trinajstić information content (AvgIpc) is 2.77. The summed E-state index contributed by atoms with van der Waals surface area (Å²) in [6.45, 7) is 2.59. The first kappa shape index (κ1) is 21.9. The van der Waals surface area contributed by atoms with Crippen molar-refractivity contribution < 1.29 is 9.18 Å². The Bertz CT molecular complexity index is 1110. The lowest BCUT2D eigenvalue weighted by atomic mass is 10.0. The summed E-state index contributed by atoms with van der Waals surface area (Å²) in [4.78, 5) is 17.3. The number of benzene rings is 2. The van der Waals surface area contributed by atoms with Gasteiger partial charge in [-0.25, -0.2) is 9.37 Å². The summed E-state index contributed by atoms with van der Waals surface area (Å²) >= 11 is 0. The Morgan fingerprint density at radius 3 is 2.74 bits per heavy atom. The van der Waals surface area contributed by atoms with Crippen molar-refractivity contribution in [3.63, 3.8) is 0 Å². The molecule has 6 nitrogen and oxygen atoms in total. The average molecular weight is 417 g/mol. The number of carbonyl (C=O) groups is 1. The molecule has 0 radical (unpaired) electrons. The van der Waals surface area contributed by atoms with Crippen molar-refractivity contribution in [1.82, 2.24) is 10.3 Å². The van der Waals surface area contributed by atoms with E-state index in [9.17, 15) is 14.4 Å². The topological polar surface area (TPSA) is 104 Å². The van der Waals surface area contributed by atoms with Crippen molar-refractivity contribution in [3.8, 4) is 17.3 Å². The summed E-state index contributed by atoms with van der Waals surface area (Å²) in [6.07, 6.45) is 0.555. The van der Waals surface area contributed by atoms with E-state index in [0.717, 1.165) is 5.56 Å². The lowest BCUT2D eigenvalue weighted by Gasteiger charge is -2.14. The van der Waals surface area contributed by atoms with E-state index < -0.39 is 0 Å². The molecule has 0 fully saturated rings. The summed E-state index contributed by atoms with van der Waals surface area (Å²) in [6, 6.07) is 18.9. The van der Waals surface area contributed by atoms with E-state index in [1.807, 2.05) is 18.2 Å². The van der Waals surface area contributed by atoms with Gasteiger partial charge in [0.05, 0.1) is 22.9 Å². The summed E-state index contributed by atoms with van der Waals surface area (Å²) in [5.74, 6) is -0.191. The summed E-state index contributed by atoms with van der Waals surface area (Å²) < 4.78 is 13.4. The van der Waals surface area contributed by atoms with Gasteiger partial charge in [-0.2, -0.15) is 5.26 Å². The number of nitrogens with one attached hydrogen (secondary N) is 2. The van der Waals surface area contributed by atoms with Gasteiger partial charge in [0.2, 0.25) is 0 Å². The van der Waals surface area contributed by atoms with Gasteiger partial charge in [-0.1, -0.05) is 30.3 Å². The number of hydrogen-bond acceptors (Lipinski definition) is 5. The van der Waals surface area contributed by atoms with Crippen LogP contribution in [0.25, 0.3) is 11.3 Å². The highest BCUT2D eigenvalue weighted by molar-refractivity contribution is 5.99. The van der Waals surface area contributed by atoms with Crippen LogP contribution < -0.4 is 16.4 Å². The number of aromatic nitrogens is 1. The van der Waals surface area contributed by atoms with Crippen LogP contribution in [0.1, 0.15) is 28.4 Å². The molecule has 0 aliphatic heterocycles. The van der Waals surface area contributed by atoms with Gasteiger partial charge >= 0.3 is 0 Å². The van der Waals surface area contributed by atoms with E-state index >= 15 is 0 Å². The molecular formula is C24H24FN5O. The Hall–Kier alpha value is -3.76. The minimum atomic E-state index is -0.293. The van der Waals surface area contributed by atoms with Crippen molar-refractivity contribution in [3.05, 3.63) is 83.2 Å². The fourth-order valence-corrected chi connectivity index (χ4v) is 3.10. The Morgan fingerprint density at radius 2 is 2.00 bits per heavy atom. The second kappa shape index (κ2) is 10.3. The van der Waals surface area contributed by atoms with Gasteiger partial charge in [0, 0.05) is 24.7 Å². The molecule has 1 heterocycles. The number of nitrogens with two attached hydrogens (primary N) is 1. The highest BCUT2D eigenvalue weighted by atomic mass is 19.1. The monoisotopic (exact) mass is 417 g/mol. The summed E-state index contributed by atoms with van der Waals surface area (Å²) in [7, 11) is 0. The van der Waals surface area contributed by atoms with E-state index in [2.05, 4.69) is 21.7 Å². The number of rotatable bonds is 8. The molecular weight excluding hydrogens is 393 g/mol. The smallest absolute Gasteiger partial charge is 0.255 e. The van der Waals surface area contributed by atoms with E-state index in [-0.39, 0.29) is 17.8 Å². The Labute approximate surface area is 180 Å². The van der Waals surface area contributed by atoms with Gasteiger partial charge in [0.15, 0.2) is 0 Å². The number of nitrogens with zero attached hydrogens (tertiary/aromatic N) is 2. The number of halogens is 1. The number of carbonyl (C=O) groups excluding carboxylic acids is 1. The standard InChI is InChI=1S/C24H24FN5O/c1-16(27)15-29-24(31)21-9-10-22(20-8-3-2-6-18(20)14-26)30-23(21)28-12-11-17-5-4-7-19(25)13-17/h2-10,13,16H,11-12,15,27H2,1H3,(H,28,30)(H,29,31)/t16-/m1/s1. The third-order valence-electron chi connectivity index (χ3n) is 4.64. The zero-order chi connectivity index (χ0) is 22.2.